The summed E-state index contributed by atoms with van der Waals surface area (Å²) in [6.45, 7) is 0. The Morgan fingerprint density at radius 2 is 1.94 bits per heavy atom. The van der Waals surface area contributed by atoms with Crippen molar-refractivity contribution >= 4 is 5.57 Å². The Morgan fingerprint density at radius 1 is 1.06 bits per heavy atom. The van der Waals surface area contributed by atoms with Gasteiger partial charge in [0.2, 0.25) is 0 Å². The van der Waals surface area contributed by atoms with Crippen molar-refractivity contribution in [3.8, 4) is 0 Å². The molecule has 0 aliphatic heterocycles. The average Bonchev–Trinajstić information content (AvgIpc) is 2.43. The third kappa shape index (κ3) is 2.02. The van der Waals surface area contributed by atoms with Crippen LogP contribution < -0.4 is 5.73 Å². The maximum absolute atomic E-state index is 6.20. The number of nitrogens with zero attached hydrogens (tertiary/aromatic N) is 1. The first-order valence-electron chi connectivity index (χ1n) is 6.29. The standard InChI is InChI=1S/C16H16N2/c17-16-8-7-13-5-1-2-6-14(13)15(16)10-12-4-3-9-18-11-12/h1-6,9,11H,7-8,10,17H2. The molecule has 18 heavy (non-hydrogen) atoms. The Morgan fingerprint density at radius 3 is 2.78 bits per heavy atom. The van der Waals surface area contributed by atoms with Crippen molar-refractivity contribution in [3.05, 3.63) is 71.2 Å². The Balaban J connectivity index is 2.00. The molecule has 0 amide bonds. The van der Waals surface area contributed by atoms with Crippen molar-refractivity contribution in [1.29, 1.82) is 0 Å². The van der Waals surface area contributed by atoms with Gasteiger partial charge >= 0.3 is 0 Å². The minimum atomic E-state index is 0.872. The molecule has 1 heterocycles. The van der Waals surface area contributed by atoms with Gasteiger partial charge in [-0.2, -0.15) is 0 Å². The molecule has 1 aromatic heterocycles. The maximum atomic E-state index is 6.20. The quantitative estimate of drug-likeness (QED) is 0.870. The third-order valence-corrected chi connectivity index (χ3v) is 3.50. The largest absolute Gasteiger partial charge is 0.402 e. The number of allylic oxidation sites excluding steroid dienone is 2. The summed E-state index contributed by atoms with van der Waals surface area (Å²) in [6.07, 6.45) is 6.61. The highest BCUT2D eigenvalue weighted by atomic mass is 14.6. The normalized spacial score (nSPS) is 14.4. The fourth-order valence-electron chi connectivity index (χ4n) is 2.54. The summed E-state index contributed by atoms with van der Waals surface area (Å²) in [5, 5.41) is 0. The predicted molar refractivity (Wildman–Crippen MR) is 73.8 cm³/mol. The van der Waals surface area contributed by atoms with Crippen molar-refractivity contribution in [3.63, 3.8) is 0 Å². The molecule has 0 fully saturated rings. The topological polar surface area (TPSA) is 38.9 Å². The summed E-state index contributed by atoms with van der Waals surface area (Å²) >= 11 is 0. The van der Waals surface area contributed by atoms with Crippen LogP contribution in [0, 0.1) is 0 Å². The van der Waals surface area contributed by atoms with E-state index in [0.29, 0.717) is 0 Å². The molecule has 1 aliphatic carbocycles. The smallest absolute Gasteiger partial charge is 0.0303 e. The summed E-state index contributed by atoms with van der Waals surface area (Å²) < 4.78 is 0. The highest BCUT2D eigenvalue weighted by Gasteiger charge is 2.16. The number of pyridine rings is 1. The van der Waals surface area contributed by atoms with Crippen LogP contribution in [0.4, 0.5) is 0 Å². The predicted octanol–water partition coefficient (Wildman–Crippen LogP) is 2.94. The lowest BCUT2D eigenvalue weighted by atomic mass is 9.86. The van der Waals surface area contributed by atoms with Crippen LogP contribution in [0.15, 0.2) is 54.5 Å². The third-order valence-electron chi connectivity index (χ3n) is 3.50. The van der Waals surface area contributed by atoms with E-state index in [1.54, 1.807) is 6.20 Å². The van der Waals surface area contributed by atoms with E-state index in [9.17, 15) is 0 Å². The van der Waals surface area contributed by atoms with Crippen molar-refractivity contribution < 1.29 is 0 Å². The fourth-order valence-corrected chi connectivity index (χ4v) is 2.54. The number of benzene rings is 1. The van der Waals surface area contributed by atoms with Crippen LogP contribution in [-0.4, -0.2) is 4.98 Å². The average molecular weight is 236 g/mol. The molecule has 0 radical (unpaired) electrons. The molecular formula is C16H16N2. The molecule has 0 saturated carbocycles. The lowest BCUT2D eigenvalue weighted by molar-refractivity contribution is 0.893. The van der Waals surface area contributed by atoms with Gasteiger partial charge in [-0.1, -0.05) is 30.3 Å². The highest BCUT2D eigenvalue weighted by Crippen LogP contribution is 2.31. The van der Waals surface area contributed by atoms with Gasteiger partial charge in [-0.15, -0.1) is 0 Å². The van der Waals surface area contributed by atoms with Crippen LogP contribution in [0.3, 0.4) is 0 Å². The van der Waals surface area contributed by atoms with Crippen molar-refractivity contribution in [2.75, 3.05) is 0 Å². The van der Waals surface area contributed by atoms with Crippen molar-refractivity contribution in [1.82, 2.24) is 4.98 Å². The Labute approximate surface area is 107 Å². The molecule has 2 heteroatoms. The zero-order chi connectivity index (χ0) is 12.4. The van der Waals surface area contributed by atoms with Gasteiger partial charge in [0.05, 0.1) is 0 Å². The van der Waals surface area contributed by atoms with Gasteiger partial charge in [-0.3, -0.25) is 4.98 Å². The molecule has 2 aromatic rings. The van der Waals surface area contributed by atoms with Gasteiger partial charge in [0.15, 0.2) is 0 Å². The van der Waals surface area contributed by atoms with E-state index < -0.39 is 0 Å². The van der Waals surface area contributed by atoms with E-state index in [2.05, 4.69) is 35.3 Å². The van der Waals surface area contributed by atoms with E-state index in [4.69, 9.17) is 5.73 Å². The van der Waals surface area contributed by atoms with Gasteiger partial charge in [-0.25, -0.2) is 0 Å². The van der Waals surface area contributed by atoms with Crippen LogP contribution in [-0.2, 0) is 12.8 Å². The van der Waals surface area contributed by atoms with Crippen LogP contribution in [0.5, 0.6) is 0 Å². The number of rotatable bonds is 2. The fraction of sp³-hybridized carbons (Fsp3) is 0.188. The van der Waals surface area contributed by atoms with Gasteiger partial charge in [0.25, 0.3) is 0 Å². The number of fused-ring (bicyclic) bond motifs is 1. The molecule has 1 aliphatic rings. The van der Waals surface area contributed by atoms with E-state index in [-0.39, 0.29) is 0 Å². The van der Waals surface area contributed by atoms with Gasteiger partial charge in [0.1, 0.15) is 0 Å². The number of hydrogen-bond donors (Lipinski definition) is 1. The SMILES string of the molecule is NC1=C(Cc2cccnc2)c2ccccc2CC1. The molecule has 0 bridgehead atoms. The highest BCUT2D eigenvalue weighted by molar-refractivity contribution is 5.74. The molecule has 1 aromatic carbocycles. The molecule has 3 rings (SSSR count). The van der Waals surface area contributed by atoms with Crippen molar-refractivity contribution in [2.24, 2.45) is 5.73 Å². The second-order valence-electron chi connectivity index (χ2n) is 4.70. The second-order valence-corrected chi connectivity index (χ2v) is 4.70. The van der Waals surface area contributed by atoms with Crippen LogP contribution >= 0.6 is 0 Å². The molecule has 2 nitrogen and oxygen atoms in total. The first-order chi connectivity index (χ1) is 8.84. The van der Waals surface area contributed by atoms with E-state index in [0.717, 1.165) is 25.0 Å². The van der Waals surface area contributed by atoms with E-state index in [1.807, 2.05) is 12.3 Å². The number of nitrogens with two attached hydrogens (primary N) is 1. The zero-order valence-corrected chi connectivity index (χ0v) is 10.3. The number of aromatic nitrogens is 1. The monoisotopic (exact) mass is 236 g/mol. The minimum Gasteiger partial charge on any atom is -0.402 e. The molecule has 90 valence electrons. The molecule has 0 unspecified atom stereocenters. The lowest BCUT2D eigenvalue weighted by Crippen LogP contribution is -2.12. The number of aryl methyl sites for hydroxylation is 1. The summed E-state index contributed by atoms with van der Waals surface area (Å²) in [6, 6.07) is 12.6. The Hall–Kier alpha value is -2.09. The molecular weight excluding hydrogens is 220 g/mol. The maximum Gasteiger partial charge on any atom is 0.0303 e. The first-order valence-corrected chi connectivity index (χ1v) is 6.29. The second kappa shape index (κ2) is 4.65. The Bertz CT molecular complexity index is 585. The molecule has 0 atom stereocenters. The van der Waals surface area contributed by atoms with Crippen LogP contribution in [0.2, 0.25) is 0 Å². The number of hydrogen-bond acceptors (Lipinski definition) is 2. The Kier molecular flexibility index (Phi) is 2.85. The van der Waals surface area contributed by atoms with Gasteiger partial charge in [-0.05, 0) is 41.2 Å². The molecule has 2 N–H and O–H groups in total. The molecule has 0 spiro atoms. The zero-order valence-electron chi connectivity index (χ0n) is 10.3. The van der Waals surface area contributed by atoms with Crippen molar-refractivity contribution in [2.45, 2.75) is 19.3 Å². The van der Waals surface area contributed by atoms with Gasteiger partial charge < -0.3 is 5.73 Å². The van der Waals surface area contributed by atoms with E-state index >= 15 is 0 Å². The summed E-state index contributed by atoms with van der Waals surface area (Å²) in [4.78, 5) is 4.17. The van der Waals surface area contributed by atoms with Crippen LogP contribution in [0.1, 0.15) is 23.1 Å². The van der Waals surface area contributed by atoms with Crippen LogP contribution in [0.25, 0.3) is 5.57 Å². The van der Waals surface area contributed by atoms with E-state index in [1.165, 1.54) is 22.3 Å². The summed E-state index contributed by atoms with van der Waals surface area (Å²) in [7, 11) is 0. The molecule has 0 saturated heterocycles. The summed E-state index contributed by atoms with van der Waals surface area (Å²) in [5.74, 6) is 0. The minimum absolute atomic E-state index is 0.872. The summed E-state index contributed by atoms with van der Waals surface area (Å²) in [5.41, 5.74) is 12.4. The first kappa shape index (κ1) is 11.0. The lowest BCUT2D eigenvalue weighted by Gasteiger charge is -2.21. The van der Waals surface area contributed by atoms with Gasteiger partial charge in [0, 0.05) is 24.5 Å².